The third kappa shape index (κ3) is 3.48. The summed E-state index contributed by atoms with van der Waals surface area (Å²) in [6, 6.07) is 7.75. The molecule has 4 rings (SSSR count). The van der Waals surface area contributed by atoms with Crippen LogP contribution in [0.4, 0.5) is 0 Å². The van der Waals surface area contributed by atoms with Crippen molar-refractivity contribution >= 4 is 39.1 Å². The van der Waals surface area contributed by atoms with Gasteiger partial charge in [-0.05, 0) is 43.2 Å². The van der Waals surface area contributed by atoms with Gasteiger partial charge in [0.1, 0.15) is 4.83 Å². The van der Waals surface area contributed by atoms with E-state index in [0.29, 0.717) is 10.7 Å². The third-order valence-corrected chi connectivity index (χ3v) is 7.39. The Hall–Kier alpha value is -1.92. The molecule has 27 heavy (non-hydrogen) atoms. The van der Waals surface area contributed by atoms with Crippen molar-refractivity contribution in [1.29, 1.82) is 0 Å². The Bertz CT molecular complexity index is 1060. The largest absolute Gasteiger partial charge is 0.293 e. The van der Waals surface area contributed by atoms with Crippen LogP contribution in [-0.4, -0.2) is 21.1 Å². The first-order valence-electron chi connectivity index (χ1n) is 9.34. The summed E-state index contributed by atoms with van der Waals surface area (Å²) >= 11 is 2.99. The van der Waals surface area contributed by atoms with Gasteiger partial charge in [-0.1, -0.05) is 43.0 Å². The van der Waals surface area contributed by atoms with Crippen LogP contribution in [0.25, 0.3) is 10.2 Å². The maximum Gasteiger partial charge on any atom is 0.262 e. The van der Waals surface area contributed by atoms with E-state index in [0.717, 1.165) is 35.9 Å². The average Bonchev–Trinajstić information content (AvgIpc) is 3.07. The zero-order chi connectivity index (χ0) is 19.0. The van der Waals surface area contributed by atoms with Crippen LogP contribution < -0.4 is 5.56 Å². The van der Waals surface area contributed by atoms with Crippen molar-refractivity contribution in [2.75, 3.05) is 5.75 Å². The third-order valence-electron chi connectivity index (χ3n) is 5.17. The van der Waals surface area contributed by atoms with E-state index < -0.39 is 0 Å². The highest BCUT2D eigenvalue weighted by atomic mass is 32.2. The van der Waals surface area contributed by atoms with Crippen molar-refractivity contribution in [2.45, 2.75) is 44.2 Å². The van der Waals surface area contributed by atoms with Gasteiger partial charge >= 0.3 is 0 Å². The topological polar surface area (TPSA) is 52.0 Å². The summed E-state index contributed by atoms with van der Waals surface area (Å²) in [5, 5.41) is 1.41. The molecule has 0 spiro atoms. The van der Waals surface area contributed by atoms with Gasteiger partial charge in [0.25, 0.3) is 5.56 Å². The van der Waals surface area contributed by atoms with E-state index in [9.17, 15) is 9.59 Å². The lowest BCUT2D eigenvalue weighted by Crippen LogP contribution is -2.21. The number of rotatable bonds is 5. The molecule has 0 saturated heterocycles. The number of hydrogen-bond acceptors (Lipinski definition) is 5. The van der Waals surface area contributed by atoms with Gasteiger partial charge in [0.2, 0.25) is 0 Å². The monoisotopic (exact) mass is 398 g/mol. The lowest BCUT2D eigenvalue weighted by Gasteiger charge is -2.10. The summed E-state index contributed by atoms with van der Waals surface area (Å²) in [7, 11) is 1.75. The van der Waals surface area contributed by atoms with Crippen molar-refractivity contribution in [1.82, 2.24) is 9.55 Å². The number of carbonyl (C=O) groups is 1. The number of thiophene rings is 1. The molecule has 1 aromatic carbocycles. The van der Waals surface area contributed by atoms with Crippen molar-refractivity contribution in [3.8, 4) is 0 Å². The smallest absolute Gasteiger partial charge is 0.262 e. The minimum Gasteiger partial charge on any atom is -0.293 e. The van der Waals surface area contributed by atoms with Crippen LogP contribution in [0.3, 0.4) is 0 Å². The van der Waals surface area contributed by atoms with Crippen LogP contribution >= 0.6 is 23.1 Å². The predicted molar refractivity (Wildman–Crippen MR) is 112 cm³/mol. The quantitative estimate of drug-likeness (QED) is 0.363. The Labute approximate surface area is 166 Å². The maximum absolute atomic E-state index is 12.9. The Kier molecular flexibility index (Phi) is 5.19. The molecule has 1 aliphatic carbocycles. The second-order valence-electron chi connectivity index (χ2n) is 6.91. The number of thioether (sulfide) groups is 1. The summed E-state index contributed by atoms with van der Waals surface area (Å²) in [5.74, 6) is 0.338. The lowest BCUT2D eigenvalue weighted by molar-refractivity contribution is 0.102. The molecule has 0 fully saturated rings. The zero-order valence-corrected chi connectivity index (χ0v) is 17.2. The van der Waals surface area contributed by atoms with Crippen LogP contribution in [0.2, 0.25) is 0 Å². The molecule has 6 heteroatoms. The molecule has 0 radical (unpaired) electrons. The van der Waals surface area contributed by atoms with Crippen molar-refractivity contribution in [3.63, 3.8) is 0 Å². The molecule has 4 nitrogen and oxygen atoms in total. The summed E-state index contributed by atoms with van der Waals surface area (Å²) in [5.41, 5.74) is 3.15. The van der Waals surface area contributed by atoms with Crippen LogP contribution in [0.5, 0.6) is 0 Å². The first-order valence-corrected chi connectivity index (χ1v) is 11.1. The second-order valence-corrected chi connectivity index (χ2v) is 8.94. The number of carbonyl (C=O) groups excluding carboxylic acids is 1. The number of aromatic nitrogens is 2. The number of fused-ring (bicyclic) bond motifs is 3. The van der Waals surface area contributed by atoms with Gasteiger partial charge in [0, 0.05) is 17.5 Å². The molecule has 0 bridgehead atoms. The normalized spacial score (nSPS) is 13.7. The van der Waals surface area contributed by atoms with Crippen LogP contribution in [-0.2, 0) is 26.3 Å². The number of Topliss-reactive ketones (excluding diaryl/α,β-unsaturated/α-hetero) is 1. The SMILES string of the molecule is CCc1ccc(C(=O)CSc2nc3sc4c(c3c(=O)n2C)CCCC4)cc1. The van der Waals surface area contributed by atoms with Gasteiger partial charge in [-0.15, -0.1) is 11.3 Å². The summed E-state index contributed by atoms with van der Waals surface area (Å²) in [6.07, 6.45) is 5.32. The standard InChI is InChI=1S/C21H22N2O2S2/c1-3-13-8-10-14(11-9-13)16(24)12-26-21-22-19-18(20(25)23(21)2)15-6-4-5-7-17(15)27-19/h8-11H,3-7,12H2,1-2H3. The van der Waals surface area contributed by atoms with E-state index in [1.54, 1.807) is 23.0 Å². The average molecular weight is 399 g/mol. The summed E-state index contributed by atoms with van der Waals surface area (Å²) in [6.45, 7) is 2.09. The summed E-state index contributed by atoms with van der Waals surface area (Å²) < 4.78 is 1.60. The van der Waals surface area contributed by atoms with Crippen LogP contribution in [0.15, 0.2) is 34.2 Å². The van der Waals surface area contributed by atoms with E-state index in [1.807, 2.05) is 24.3 Å². The van der Waals surface area contributed by atoms with Crippen molar-refractivity contribution in [2.24, 2.45) is 7.05 Å². The van der Waals surface area contributed by atoms with E-state index >= 15 is 0 Å². The minimum absolute atomic E-state index is 0.0154. The van der Waals surface area contributed by atoms with Gasteiger partial charge in [0.05, 0.1) is 11.1 Å². The van der Waals surface area contributed by atoms with E-state index in [2.05, 4.69) is 6.92 Å². The fourth-order valence-electron chi connectivity index (χ4n) is 3.54. The van der Waals surface area contributed by atoms with Crippen LogP contribution in [0.1, 0.15) is 46.1 Å². The zero-order valence-electron chi connectivity index (χ0n) is 15.6. The van der Waals surface area contributed by atoms with Crippen molar-refractivity contribution < 1.29 is 4.79 Å². The minimum atomic E-state index is 0.0154. The van der Waals surface area contributed by atoms with Gasteiger partial charge in [-0.2, -0.15) is 0 Å². The highest BCUT2D eigenvalue weighted by Crippen LogP contribution is 2.34. The van der Waals surface area contributed by atoms with Gasteiger partial charge < -0.3 is 0 Å². The molecule has 2 aromatic heterocycles. The van der Waals surface area contributed by atoms with E-state index in [4.69, 9.17) is 4.98 Å². The molecule has 140 valence electrons. The maximum atomic E-state index is 12.9. The molecule has 0 saturated carbocycles. The first kappa shape index (κ1) is 18.4. The molecular weight excluding hydrogens is 376 g/mol. The van der Waals surface area contributed by atoms with E-state index in [1.165, 1.54) is 34.2 Å². The first-order chi connectivity index (χ1) is 13.1. The predicted octanol–water partition coefficient (Wildman–Crippen LogP) is 4.41. The Morgan fingerprint density at radius 3 is 2.70 bits per heavy atom. The Balaban J connectivity index is 1.59. The number of hydrogen-bond donors (Lipinski definition) is 0. The number of benzene rings is 1. The van der Waals surface area contributed by atoms with Crippen molar-refractivity contribution in [3.05, 3.63) is 56.2 Å². The molecule has 0 atom stereocenters. The van der Waals surface area contributed by atoms with Gasteiger partial charge in [-0.3, -0.25) is 14.2 Å². The molecule has 0 aliphatic heterocycles. The second kappa shape index (κ2) is 7.60. The Morgan fingerprint density at radius 2 is 1.96 bits per heavy atom. The molecule has 0 amide bonds. The highest BCUT2D eigenvalue weighted by molar-refractivity contribution is 7.99. The van der Waals surface area contributed by atoms with Gasteiger partial charge in [-0.25, -0.2) is 4.98 Å². The lowest BCUT2D eigenvalue weighted by atomic mass is 9.97. The van der Waals surface area contributed by atoms with Gasteiger partial charge in [0.15, 0.2) is 10.9 Å². The number of ketones is 1. The fraction of sp³-hybridized carbons (Fsp3) is 0.381. The molecule has 3 aromatic rings. The molecule has 0 N–H and O–H groups in total. The molecule has 0 unspecified atom stereocenters. The van der Waals surface area contributed by atoms with E-state index in [-0.39, 0.29) is 17.1 Å². The fourth-order valence-corrected chi connectivity index (χ4v) is 5.70. The summed E-state index contributed by atoms with van der Waals surface area (Å²) in [4.78, 5) is 32.3. The highest BCUT2D eigenvalue weighted by Gasteiger charge is 2.21. The Morgan fingerprint density at radius 1 is 1.22 bits per heavy atom. The molecular formula is C21H22N2O2S2. The number of aryl methyl sites for hydroxylation is 3. The van der Waals surface area contributed by atoms with Crippen LogP contribution in [0, 0.1) is 0 Å². The molecule has 2 heterocycles. The number of nitrogens with zero attached hydrogens (tertiary/aromatic N) is 2. The molecule has 1 aliphatic rings.